The molecule has 2 heterocycles. The van der Waals surface area contributed by atoms with Crippen molar-refractivity contribution in [3.63, 3.8) is 0 Å². The number of aromatic nitrogens is 4. The van der Waals surface area contributed by atoms with Crippen molar-refractivity contribution in [3.8, 4) is 0 Å². The average Bonchev–Trinajstić information content (AvgIpc) is 3.06. The molecule has 0 atom stereocenters. The summed E-state index contributed by atoms with van der Waals surface area (Å²) >= 11 is 0.930. The normalized spacial score (nSPS) is 10.6. The number of amides is 2. The molecule has 0 saturated carbocycles. The zero-order valence-electron chi connectivity index (χ0n) is 13.4. The summed E-state index contributed by atoms with van der Waals surface area (Å²) in [5.41, 5.74) is 4.87. The van der Waals surface area contributed by atoms with Crippen LogP contribution >= 0.6 is 11.5 Å². The Bertz CT molecular complexity index is 1030. The number of hydrazine groups is 1. The van der Waals surface area contributed by atoms with Crippen molar-refractivity contribution in [2.75, 3.05) is 0 Å². The van der Waals surface area contributed by atoms with Gasteiger partial charge in [-0.3, -0.25) is 25.2 Å². The summed E-state index contributed by atoms with van der Waals surface area (Å²) in [4.78, 5) is 37.1. The highest BCUT2D eigenvalue weighted by atomic mass is 32.1. The minimum absolute atomic E-state index is 0.0523. The van der Waals surface area contributed by atoms with E-state index in [0.717, 1.165) is 11.5 Å². The average molecular weight is 358 g/mol. The number of carbonyl (C=O) groups excluding carboxylic acids is 2. The number of nitrogens with one attached hydrogen (secondary N) is 2. The Hall–Kier alpha value is -3.14. The van der Waals surface area contributed by atoms with Crippen LogP contribution in [0.4, 0.5) is 0 Å². The van der Waals surface area contributed by atoms with Crippen LogP contribution in [-0.4, -0.2) is 31.2 Å². The predicted octanol–water partition coefficient (Wildman–Crippen LogP) is 0.651. The molecule has 2 amide bonds. The van der Waals surface area contributed by atoms with E-state index in [4.69, 9.17) is 0 Å². The number of fused-ring (bicyclic) bond motifs is 1. The van der Waals surface area contributed by atoms with Gasteiger partial charge in [-0.2, -0.15) is 5.10 Å². The molecule has 3 aromatic rings. The summed E-state index contributed by atoms with van der Waals surface area (Å²) in [6.45, 7) is 3.72. The lowest BCUT2D eigenvalue weighted by atomic mass is 10.1. The summed E-state index contributed by atoms with van der Waals surface area (Å²) in [5.74, 6) is -1.14. The van der Waals surface area contributed by atoms with Crippen molar-refractivity contribution in [1.82, 2.24) is 30.2 Å². The van der Waals surface area contributed by atoms with E-state index >= 15 is 0 Å². The van der Waals surface area contributed by atoms with Crippen LogP contribution in [0.5, 0.6) is 0 Å². The Labute approximate surface area is 145 Å². The van der Waals surface area contributed by atoms with E-state index in [1.165, 1.54) is 4.68 Å². The fourth-order valence-electron chi connectivity index (χ4n) is 2.29. The molecule has 1 aromatic carbocycles. The quantitative estimate of drug-likeness (QED) is 0.664. The molecule has 0 unspecified atom stereocenters. The van der Waals surface area contributed by atoms with Gasteiger partial charge >= 0.3 is 0 Å². The molecule has 0 aliphatic rings. The van der Waals surface area contributed by atoms with Crippen molar-refractivity contribution in [3.05, 3.63) is 50.9 Å². The first-order valence-electron chi connectivity index (χ1n) is 7.42. The molecule has 2 aromatic heterocycles. The van der Waals surface area contributed by atoms with E-state index in [0.29, 0.717) is 27.9 Å². The van der Waals surface area contributed by atoms with Gasteiger partial charge in [-0.05, 0) is 31.4 Å². The summed E-state index contributed by atoms with van der Waals surface area (Å²) in [7, 11) is 0. The number of rotatable bonds is 3. The van der Waals surface area contributed by atoms with Crippen LogP contribution in [0, 0.1) is 6.92 Å². The monoisotopic (exact) mass is 358 g/mol. The Morgan fingerprint density at radius 1 is 1.16 bits per heavy atom. The fourth-order valence-corrected chi connectivity index (χ4v) is 2.84. The van der Waals surface area contributed by atoms with Gasteiger partial charge in [0.1, 0.15) is 4.88 Å². The third-order valence-corrected chi connectivity index (χ3v) is 4.36. The van der Waals surface area contributed by atoms with Gasteiger partial charge in [-0.15, -0.1) is 5.10 Å². The van der Waals surface area contributed by atoms with Gasteiger partial charge in [0.05, 0.1) is 11.1 Å². The molecule has 0 aliphatic heterocycles. The third kappa shape index (κ3) is 3.11. The Kier molecular flexibility index (Phi) is 4.52. The number of nitrogens with zero attached hydrogens (tertiary/aromatic N) is 4. The van der Waals surface area contributed by atoms with Gasteiger partial charge < -0.3 is 0 Å². The summed E-state index contributed by atoms with van der Waals surface area (Å²) in [6, 6.07) is 6.69. The van der Waals surface area contributed by atoms with Gasteiger partial charge in [-0.1, -0.05) is 22.7 Å². The second-order valence-corrected chi connectivity index (χ2v) is 5.86. The summed E-state index contributed by atoms with van der Waals surface area (Å²) in [6.07, 6.45) is 0. The molecule has 2 N–H and O–H groups in total. The molecule has 0 bridgehead atoms. The third-order valence-electron chi connectivity index (χ3n) is 3.53. The molecule has 25 heavy (non-hydrogen) atoms. The first-order chi connectivity index (χ1) is 12.0. The molecule has 9 nitrogen and oxygen atoms in total. The largest absolute Gasteiger partial charge is 0.290 e. The van der Waals surface area contributed by atoms with Crippen LogP contribution in [0.1, 0.15) is 32.8 Å². The van der Waals surface area contributed by atoms with Gasteiger partial charge in [-0.25, -0.2) is 4.68 Å². The van der Waals surface area contributed by atoms with Gasteiger partial charge in [0.15, 0.2) is 5.69 Å². The fraction of sp³-hybridized carbons (Fsp3) is 0.200. The molecule has 0 saturated heterocycles. The SMILES string of the molecule is CCn1nc(C(=O)NNC(=O)c2snnc2C)c2ccccc2c1=O. The summed E-state index contributed by atoms with van der Waals surface area (Å²) < 4.78 is 4.87. The smallest absolute Gasteiger partial charge is 0.267 e. The maximum absolute atomic E-state index is 12.5. The van der Waals surface area contributed by atoms with E-state index in [-0.39, 0.29) is 11.3 Å². The van der Waals surface area contributed by atoms with Crippen LogP contribution in [0.25, 0.3) is 10.8 Å². The molecule has 0 aliphatic carbocycles. The first kappa shape index (κ1) is 16.7. The lowest BCUT2D eigenvalue weighted by molar-refractivity contribution is 0.0845. The second-order valence-electron chi connectivity index (χ2n) is 5.11. The van der Waals surface area contributed by atoms with Gasteiger partial charge in [0.25, 0.3) is 17.4 Å². The number of hydrogen-bond donors (Lipinski definition) is 2. The molecule has 0 spiro atoms. The van der Waals surface area contributed by atoms with Gasteiger partial charge in [0.2, 0.25) is 0 Å². The Balaban J connectivity index is 1.90. The lowest BCUT2D eigenvalue weighted by Crippen LogP contribution is -2.42. The van der Waals surface area contributed by atoms with Crippen LogP contribution in [0.2, 0.25) is 0 Å². The van der Waals surface area contributed by atoms with Crippen molar-refractivity contribution in [2.24, 2.45) is 0 Å². The molecule has 0 fully saturated rings. The summed E-state index contributed by atoms with van der Waals surface area (Å²) in [5, 5.41) is 8.64. The van der Waals surface area contributed by atoms with Crippen molar-refractivity contribution in [1.29, 1.82) is 0 Å². The van der Waals surface area contributed by atoms with E-state index in [1.54, 1.807) is 38.1 Å². The maximum atomic E-state index is 12.5. The van der Waals surface area contributed by atoms with Crippen LogP contribution in [0.15, 0.2) is 29.1 Å². The van der Waals surface area contributed by atoms with Gasteiger partial charge in [0, 0.05) is 11.9 Å². The zero-order chi connectivity index (χ0) is 18.0. The highest BCUT2D eigenvalue weighted by Gasteiger charge is 2.18. The first-order valence-corrected chi connectivity index (χ1v) is 8.19. The number of benzene rings is 1. The molecule has 0 radical (unpaired) electrons. The number of hydrogen-bond acceptors (Lipinski definition) is 7. The van der Waals surface area contributed by atoms with Crippen molar-refractivity contribution < 1.29 is 9.59 Å². The highest BCUT2D eigenvalue weighted by molar-refractivity contribution is 7.07. The van der Waals surface area contributed by atoms with E-state index < -0.39 is 11.8 Å². The Morgan fingerprint density at radius 3 is 2.48 bits per heavy atom. The van der Waals surface area contributed by atoms with Crippen LogP contribution in [-0.2, 0) is 6.54 Å². The molecule has 128 valence electrons. The molecule has 3 rings (SSSR count). The van der Waals surface area contributed by atoms with E-state index in [1.807, 2.05) is 0 Å². The van der Waals surface area contributed by atoms with Crippen molar-refractivity contribution in [2.45, 2.75) is 20.4 Å². The van der Waals surface area contributed by atoms with Crippen LogP contribution < -0.4 is 16.4 Å². The molecular formula is C15H14N6O3S. The number of carbonyl (C=O) groups is 2. The maximum Gasteiger partial charge on any atom is 0.290 e. The standard InChI is InChI=1S/C15H14N6O3S/c1-3-21-15(24)10-7-5-4-6-9(10)11(19-21)13(22)17-18-14(23)12-8(2)16-20-25-12/h4-7H,3H2,1-2H3,(H,17,22)(H,18,23). The minimum Gasteiger partial charge on any atom is -0.267 e. The minimum atomic E-state index is -0.623. The number of aryl methyl sites for hydroxylation is 2. The predicted molar refractivity (Wildman–Crippen MR) is 91.3 cm³/mol. The second kappa shape index (κ2) is 6.77. The van der Waals surface area contributed by atoms with E-state index in [2.05, 4.69) is 25.5 Å². The zero-order valence-corrected chi connectivity index (χ0v) is 14.3. The lowest BCUT2D eigenvalue weighted by Gasteiger charge is -2.10. The van der Waals surface area contributed by atoms with E-state index in [9.17, 15) is 14.4 Å². The highest BCUT2D eigenvalue weighted by Crippen LogP contribution is 2.13. The Morgan fingerprint density at radius 2 is 1.84 bits per heavy atom. The van der Waals surface area contributed by atoms with Crippen LogP contribution in [0.3, 0.4) is 0 Å². The molecular weight excluding hydrogens is 344 g/mol. The molecule has 10 heteroatoms. The topological polar surface area (TPSA) is 119 Å². The van der Waals surface area contributed by atoms with Crippen molar-refractivity contribution >= 4 is 34.1 Å².